The van der Waals surface area contributed by atoms with Crippen molar-refractivity contribution in [2.75, 3.05) is 13.6 Å². The molecule has 14 heavy (non-hydrogen) atoms. The molecule has 5 heteroatoms. The van der Waals surface area contributed by atoms with Gasteiger partial charge in [0.25, 0.3) is 0 Å². The number of hydrogen-bond acceptors (Lipinski definition) is 3. The van der Waals surface area contributed by atoms with Crippen molar-refractivity contribution in [1.82, 2.24) is 10.2 Å². The molecule has 0 radical (unpaired) electrons. The zero-order valence-corrected chi connectivity index (χ0v) is 8.37. The van der Waals surface area contributed by atoms with Crippen molar-refractivity contribution in [2.45, 2.75) is 25.8 Å². The molecule has 1 aliphatic rings. The molecule has 78 valence electrons. The van der Waals surface area contributed by atoms with Crippen LogP contribution in [0.2, 0.25) is 0 Å². The maximum atomic E-state index is 11.4. The highest BCUT2D eigenvalue weighted by atomic mass is 16.2. The van der Waals surface area contributed by atoms with Crippen molar-refractivity contribution in [2.24, 2.45) is 0 Å². The third-order valence-corrected chi connectivity index (χ3v) is 2.17. The lowest BCUT2D eigenvalue weighted by molar-refractivity contribution is -0.133. The molecule has 1 rings (SSSR count). The van der Waals surface area contributed by atoms with Crippen molar-refractivity contribution in [1.29, 1.82) is 0 Å². The molecule has 1 unspecified atom stereocenters. The second kappa shape index (κ2) is 4.21. The molecule has 2 amide bonds. The summed E-state index contributed by atoms with van der Waals surface area (Å²) < 4.78 is 0. The van der Waals surface area contributed by atoms with Gasteiger partial charge in [0, 0.05) is 13.6 Å². The van der Waals surface area contributed by atoms with Crippen LogP contribution in [0.1, 0.15) is 19.8 Å². The lowest BCUT2D eigenvalue weighted by Gasteiger charge is -2.11. The molecular weight excluding hydrogens is 184 g/mol. The van der Waals surface area contributed by atoms with E-state index in [0.717, 1.165) is 0 Å². The van der Waals surface area contributed by atoms with E-state index in [1.165, 1.54) is 6.92 Å². The normalized spacial score (nSPS) is 21.1. The van der Waals surface area contributed by atoms with E-state index in [4.69, 9.17) is 0 Å². The maximum absolute atomic E-state index is 11.4. The molecule has 0 spiro atoms. The fourth-order valence-corrected chi connectivity index (χ4v) is 1.43. The van der Waals surface area contributed by atoms with E-state index < -0.39 is 6.04 Å². The number of rotatable bonds is 3. The van der Waals surface area contributed by atoms with Gasteiger partial charge in [-0.25, -0.2) is 0 Å². The van der Waals surface area contributed by atoms with Crippen LogP contribution in [0, 0.1) is 0 Å². The van der Waals surface area contributed by atoms with Crippen LogP contribution in [0.25, 0.3) is 0 Å². The van der Waals surface area contributed by atoms with Gasteiger partial charge in [-0.1, -0.05) is 0 Å². The van der Waals surface area contributed by atoms with Gasteiger partial charge in [0.2, 0.25) is 11.8 Å². The number of Topliss-reactive ketones (excluding diaryl/α,β-unsaturated/α-hetero) is 1. The van der Waals surface area contributed by atoms with Gasteiger partial charge in [-0.3, -0.25) is 14.4 Å². The van der Waals surface area contributed by atoms with Crippen LogP contribution in [0.15, 0.2) is 0 Å². The summed E-state index contributed by atoms with van der Waals surface area (Å²) in [6.07, 6.45) is 0.479. The lowest BCUT2D eigenvalue weighted by atomic mass is 10.2. The van der Waals surface area contributed by atoms with Crippen LogP contribution in [-0.4, -0.2) is 42.1 Å². The predicted molar refractivity (Wildman–Crippen MR) is 49.5 cm³/mol. The van der Waals surface area contributed by atoms with Crippen LogP contribution >= 0.6 is 0 Å². The van der Waals surface area contributed by atoms with E-state index in [-0.39, 0.29) is 24.0 Å². The maximum Gasteiger partial charge on any atom is 0.244 e. The third-order valence-electron chi connectivity index (χ3n) is 2.17. The Morgan fingerprint density at radius 3 is 2.64 bits per heavy atom. The Balaban J connectivity index is 2.42. The van der Waals surface area contributed by atoms with Gasteiger partial charge in [-0.2, -0.15) is 0 Å². The van der Waals surface area contributed by atoms with Crippen LogP contribution in [-0.2, 0) is 14.4 Å². The summed E-state index contributed by atoms with van der Waals surface area (Å²) in [4.78, 5) is 34.7. The molecule has 0 saturated carbocycles. The summed E-state index contributed by atoms with van der Waals surface area (Å²) >= 11 is 0. The largest absolute Gasteiger partial charge is 0.344 e. The van der Waals surface area contributed by atoms with Crippen molar-refractivity contribution in [3.05, 3.63) is 0 Å². The van der Waals surface area contributed by atoms with Gasteiger partial charge >= 0.3 is 0 Å². The van der Waals surface area contributed by atoms with Gasteiger partial charge in [0.1, 0.15) is 11.8 Å². The van der Waals surface area contributed by atoms with Crippen LogP contribution in [0.3, 0.4) is 0 Å². The number of hydrogen-bond donors (Lipinski definition) is 1. The first kappa shape index (κ1) is 10.7. The van der Waals surface area contributed by atoms with Gasteiger partial charge in [-0.05, 0) is 13.3 Å². The summed E-state index contributed by atoms with van der Waals surface area (Å²) in [6, 6.07) is -0.438. The van der Waals surface area contributed by atoms with E-state index in [2.05, 4.69) is 5.32 Å². The smallest absolute Gasteiger partial charge is 0.244 e. The number of carbonyl (C=O) groups excluding carboxylic acids is 3. The first-order valence-corrected chi connectivity index (χ1v) is 4.54. The van der Waals surface area contributed by atoms with E-state index in [1.807, 2.05) is 0 Å². The standard InChI is InChI=1S/C9H14N2O3/c1-6(12)5-8(13)10-7-3-4-11(2)9(7)14/h7H,3-5H2,1-2H3,(H,10,13). The highest BCUT2D eigenvalue weighted by Crippen LogP contribution is 2.08. The molecule has 1 aliphatic heterocycles. The minimum atomic E-state index is -0.438. The monoisotopic (exact) mass is 198 g/mol. The molecule has 1 saturated heterocycles. The molecule has 0 aromatic heterocycles. The van der Waals surface area contributed by atoms with Crippen LogP contribution < -0.4 is 5.32 Å². The van der Waals surface area contributed by atoms with Gasteiger partial charge in [-0.15, -0.1) is 0 Å². The fraction of sp³-hybridized carbons (Fsp3) is 0.667. The Hall–Kier alpha value is -1.39. The topological polar surface area (TPSA) is 66.5 Å². The van der Waals surface area contributed by atoms with Gasteiger partial charge < -0.3 is 10.2 Å². The Kier molecular flexibility index (Phi) is 3.22. The minimum Gasteiger partial charge on any atom is -0.344 e. The average Bonchev–Trinajstić information content (AvgIpc) is 2.34. The first-order valence-electron chi connectivity index (χ1n) is 4.54. The zero-order valence-electron chi connectivity index (χ0n) is 8.37. The first-order chi connectivity index (χ1) is 6.50. The van der Waals surface area contributed by atoms with E-state index >= 15 is 0 Å². The van der Waals surface area contributed by atoms with E-state index in [9.17, 15) is 14.4 Å². The number of nitrogens with zero attached hydrogens (tertiary/aromatic N) is 1. The summed E-state index contributed by atoms with van der Waals surface area (Å²) in [6.45, 7) is 2.01. The highest BCUT2D eigenvalue weighted by molar-refractivity contribution is 5.98. The molecule has 5 nitrogen and oxygen atoms in total. The molecule has 1 fully saturated rings. The predicted octanol–water partition coefficient (Wildman–Crippen LogP) is -0.688. The Morgan fingerprint density at radius 2 is 2.21 bits per heavy atom. The molecule has 0 bridgehead atoms. The van der Waals surface area contributed by atoms with Crippen molar-refractivity contribution in [3.63, 3.8) is 0 Å². The summed E-state index contributed by atoms with van der Waals surface area (Å²) in [5.74, 6) is -0.644. The average molecular weight is 198 g/mol. The Bertz CT molecular complexity index is 275. The minimum absolute atomic E-state index is 0.0816. The van der Waals surface area contributed by atoms with Crippen molar-refractivity contribution >= 4 is 17.6 Å². The fourth-order valence-electron chi connectivity index (χ4n) is 1.43. The zero-order chi connectivity index (χ0) is 10.7. The summed E-state index contributed by atoms with van der Waals surface area (Å²) in [5.41, 5.74) is 0. The van der Waals surface area contributed by atoms with E-state index in [0.29, 0.717) is 13.0 Å². The quantitative estimate of drug-likeness (QED) is 0.610. The molecule has 0 aromatic carbocycles. The van der Waals surface area contributed by atoms with Crippen LogP contribution in [0.5, 0.6) is 0 Å². The Labute approximate surface area is 82.4 Å². The number of ketones is 1. The third kappa shape index (κ3) is 2.55. The summed E-state index contributed by atoms with van der Waals surface area (Å²) in [7, 11) is 1.69. The van der Waals surface area contributed by atoms with Crippen molar-refractivity contribution < 1.29 is 14.4 Å². The SMILES string of the molecule is CC(=O)CC(=O)NC1CCN(C)C1=O. The summed E-state index contributed by atoms with van der Waals surface area (Å²) in [5, 5.41) is 2.54. The number of likely N-dealkylation sites (N-methyl/N-ethyl adjacent to an activating group) is 1. The van der Waals surface area contributed by atoms with Gasteiger partial charge in [0.15, 0.2) is 0 Å². The Morgan fingerprint density at radius 1 is 1.57 bits per heavy atom. The van der Waals surface area contributed by atoms with Crippen molar-refractivity contribution in [3.8, 4) is 0 Å². The number of carbonyl (C=O) groups is 3. The van der Waals surface area contributed by atoms with Gasteiger partial charge in [0.05, 0.1) is 6.42 Å². The molecule has 1 N–H and O–H groups in total. The number of likely N-dealkylation sites (tertiary alicyclic amines) is 1. The lowest BCUT2D eigenvalue weighted by Crippen LogP contribution is -2.41. The molecule has 1 atom stereocenters. The molecule has 0 aliphatic carbocycles. The molecule has 0 aromatic rings. The molecule has 1 heterocycles. The number of nitrogens with one attached hydrogen (secondary N) is 1. The van der Waals surface area contributed by atoms with E-state index in [1.54, 1.807) is 11.9 Å². The second-order valence-corrected chi connectivity index (χ2v) is 3.55. The van der Waals surface area contributed by atoms with Crippen LogP contribution in [0.4, 0.5) is 0 Å². The molecular formula is C9H14N2O3. The number of amides is 2. The second-order valence-electron chi connectivity index (χ2n) is 3.55. The highest BCUT2D eigenvalue weighted by Gasteiger charge is 2.30.